The van der Waals surface area contributed by atoms with Gasteiger partial charge in [-0.1, -0.05) is 32.3 Å². The summed E-state index contributed by atoms with van der Waals surface area (Å²) in [6.07, 6.45) is 4.96. The molecule has 0 amide bonds. The Morgan fingerprint density at radius 1 is 1.11 bits per heavy atom. The Balaban J connectivity index is 2.20. The zero-order valence-electron chi connectivity index (χ0n) is 15.5. The minimum absolute atomic E-state index is 0.0236. The molecule has 0 radical (unpaired) electrons. The molecule has 2 N–H and O–H groups in total. The molecule has 0 spiro atoms. The number of hydrogen-bond donors (Lipinski definition) is 2. The summed E-state index contributed by atoms with van der Waals surface area (Å²) < 4.78 is 15.8. The highest BCUT2D eigenvalue weighted by atomic mass is 16.5. The van der Waals surface area contributed by atoms with Crippen LogP contribution in [0.2, 0.25) is 0 Å². The molecule has 2 rings (SSSR count). The minimum atomic E-state index is -0.837. The number of ether oxygens (including phenoxy) is 2. The predicted octanol–water partition coefficient (Wildman–Crippen LogP) is 3.39. The van der Waals surface area contributed by atoms with Gasteiger partial charge in [-0.05, 0) is 31.4 Å². The summed E-state index contributed by atoms with van der Waals surface area (Å²) in [6, 6.07) is 4.57. The summed E-state index contributed by atoms with van der Waals surface area (Å²) in [4.78, 5) is 24.5. The van der Waals surface area contributed by atoms with Gasteiger partial charge in [0, 0.05) is 6.61 Å². The van der Waals surface area contributed by atoms with Crippen molar-refractivity contribution in [3.8, 4) is 11.5 Å². The fourth-order valence-corrected chi connectivity index (χ4v) is 2.64. The third-order valence-electron chi connectivity index (χ3n) is 4.12. The first-order valence-corrected chi connectivity index (χ1v) is 9.29. The first-order valence-electron chi connectivity index (χ1n) is 9.29. The second kappa shape index (κ2) is 10.6. The highest BCUT2D eigenvalue weighted by Gasteiger charge is 2.20. The van der Waals surface area contributed by atoms with E-state index in [0.717, 1.165) is 25.7 Å². The zero-order chi connectivity index (χ0) is 19.6. The summed E-state index contributed by atoms with van der Waals surface area (Å²) in [7, 11) is 0. The molecule has 0 fully saturated rings. The van der Waals surface area contributed by atoms with Gasteiger partial charge in [0.15, 0.2) is 11.3 Å². The SMILES string of the molecule is CCCCCCOc1c(O)c2cccc(C(=O)OCCCCO)c2oc1=O. The number of hydrogen-bond acceptors (Lipinski definition) is 7. The van der Waals surface area contributed by atoms with E-state index >= 15 is 0 Å². The smallest absolute Gasteiger partial charge is 0.383 e. The Morgan fingerprint density at radius 2 is 1.89 bits per heavy atom. The predicted molar refractivity (Wildman–Crippen MR) is 100 cm³/mol. The standard InChI is InChI=1S/C20H26O7/c1-2-3-4-6-12-25-18-16(22)14-9-8-10-15(17(14)27-20(18)24)19(23)26-13-7-5-11-21/h8-10,21-22H,2-7,11-13H2,1H3. The van der Waals surface area contributed by atoms with Gasteiger partial charge in [0.05, 0.1) is 18.6 Å². The van der Waals surface area contributed by atoms with Gasteiger partial charge in [-0.25, -0.2) is 9.59 Å². The Morgan fingerprint density at radius 3 is 2.63 bits per heavy atom. The maximum Gasteiger partial charge on any atom is 0.383 e. The Bertz CT molecular complexity index is 810. The van der Waals surface area contributed by atoms with Crippen molar-refractivity contribution >= 4 is 16.9 Å². The number of rotatable bonds is 11. The van der Waals surface area contributed by atoms with Crippen LogP contribution in [0.5, 0.6) is 11.5 Å². The van der Waals surface area contributed by atoms with Gasteiger partial charge >= 0.3 is 11.6 Å². The molecule has 0 saturated carbocycles. The van der Waals surface area contributed by atoms with E-state index in [4.69, 9.17) is 19.0 Å². The first-order chi connectivity index (χ1) is 13.1. The Labute approximate surface area is 157 Å². The Hall–Kier alpha value is -2.54. The molecule has 0 atom stereocenters. The molecule has 0 bridgehead atoms. The molecule has 27 heavy (non-hydrogen) atoms. The number of para-hydroxylation sites is 1. The fraction of sp³-hybridized carbons (Fsp3) is 0.500. The monoisotopic (exact) mass is 378 g/mol. The molecule has 0 aliphatic rings. The zero-order valence-corrected chi connectivity index (χ0v) is 15.5. The normalized spacial score (nSPS) is 10.9. The summed E-state index contributed by atoms with van der Waals surface area (Å²) in [5, 5.41) is 19.4. The molecule has 148 valence electrons. The van der Waals surface area contributed by atoms with Gasteiger partial charge in [0.25, 0.3) is 0 Å². The quantitative estimate of drug-likeness (QED) is 0.351. The molecule has 1 aromatic heterocycles. The second-order valence-electron chi connectivity index (χ2n) is 6.23. The van der Waals surface area contributed by atoms with Crippen molar-refractivity contribution in [3.63, 3.8) is 0 Å². The lowest BCUT2D eigenvalue weighted by molar-refractivity contribution is 0.0493. The topological polar surface area (TPSA) is 106 Å². The summed E-state index contributed by atoms with van der Waals surface area (Å²) in [5.74, 6) is -1.24. The molecule has 7 heteroatoms. The van der Waals surface area contributed by atoms with Gasteiger partial charge in [0.1, 0.15) is 5.56 Å². The number of benzene rings is 1. The fourth-order valence-electron chi connectivity index (χ4n) is 2.64. The number of aromatic hydroxyl groups is 1. The summed E-state index contributed by atoms with van der Waals surface area (Å²) >= 11 is 0. The molecule has 7 nitrogen and oxygen atoms in total. The van der Waals surface area contributed by atoms with Crippen molar-refractivity contribution in [1.29, 1.82) is 0 Å². The van der Waals surface area contributed by atoms with Gasteiger partial charge in [-0.15, -0.1) is 0 Å². The highest BCUT2D eigenvalue weighted by molar-refractivity contribution is 6.03. The number of aliphatic hydroxyl groups is 1. The lowest BCUT2D eigenvalue weighted by Gasteiger charge is -2.10. The van der Waals surface area contributed by atoms with Crippen molar-refractivity contribution in [1.82, 2.24) is 0 Å². The second-order valence-corrected chi connectivity index (χ2v) is 6.23. The molecule has 0 aliphatic heterocycles. The van der Waals surface area contributed by atoms with Gasteiger partial charge in [-0.2, -0.15) is 0 Å². The number of unbranched alkanes of at least 4 members (excludes halogenated alkanes) is 4. The van der Waals surface area contributed by atoms with Crippen LogP contribution >= 0.6 is 0 Å². The lowest BCUT2D eigenvalue weighted by Crippen LogP contribution is -2.11. The van der Waals surface area contributed by atoms with E-state index in [0.29, 0.717) is 19.4 Å². The number of fused-ring (bicyclic) bond motifs is 1. The largest absolute Gasteiger partial charge is 0.504 e. The number of carbonyl (C=O) groups excluding carboxylic acids is 1. The third kappa shape index (κ3) is 5.47. The van der Waals surface area contributed by atoms with Gasteiger partial charge < -0.3 is 24.1 Å². The van der Waals surface area contributed by atoms with E-state index in [1.54, 1.807) is 12.1 Å². The number of esters is 1. The van der Waals surface area contributed by atoms with Crippen LogP contribution in [-0.2, 0) is 4.74 Å². The van der Waals surface area contributed by atoms with Crippen molar-refractivity contribution < 1.29 is 28.9 Å². The van der Waals surface area contributed by atoms with Crippen LogP contribution < -0.4 is 10.4 Å². The van der Waals surface area contributed by atoms with Gasteiger partial charge in [-0.3, -0.25) is 0 Å². The molecule has 0 unspecified atom stereocenters. The molecular weight excluding hydrogens is 352 g/mol. The van der Waals surface area contributed by atoms with E-state index < -0.39 is 11.6 Å². The number of aliphatic hydroxyl groups excluding tert-OH is 1. The minimum Gasteiger partial charge on any atom is -0.504 e. The summed E-state index contributed by atoms with van der Waals surface area (Å²) in [5.41, 5.74) is -0.820. The van der Waals surface area contributed by atoms with Crippen LogP contribution in [0.4, 0.5) is 0 Å². The van der Waals surface area contributed by atoms with E-state index in [-0.39, 0.29) is 41.2 Å². The molecule has 0 aliphatic carbocycles. The first kappa shape index (κ1) is 20.8. The molecular formula is C20H26O7. The summed E-state index contributed by atoms with van der Waals surface area (Å²) in [6.45, 7) is 2.57. The lowest BCUT2D eigenvalue weighted by atomic mass is 10.1. The van der Waals surface area contributed by atoms with Crippen molar-refractivity contribution in [2.75, 3.05) is 19.8 Å². The maximum atomic E-state index is 12.2. The van der Waals surface area contributed by atoms with E-state index in [1.807, 2.05) is 0 Å². The van der Waals surface area contributed by atoms with Crippen molar-refractivity contribution in [3.05, 3.63) is 34.2 Å². The van der Waals surface area contributed by atoms with E-state index in [9.17, 15) is 14.7 Å². The van der Waals surface area contributed by atoms with E-state index in [1.165, 1.54) is 6.07 Å². The highest BCUT2D eigenvalue weighted by Crippen LogP contribution is 2.33. The van der Waals surface area contributed by atoms with Crippen LogP contribution in [-0.4, -0.2) is 36.0 Å². The Kier molecular flexibility index (Phi) is 8.13. The average Bonchev–Trinajstić information content (AvgIpc) is 2.66. The maximum absolute atomic E-state index is 12.2. The van der Waals surface area contributed by atoms with Crippen LogP contribution in [0, 0.1) is 0 Å². The molecule has 2 aromatic rings. The van der Waals surface area contributed by atoms with Crippen LogP contribution in [0.3, 0.4) is 0 Å². The van der Waals surface area contributed by atoms with Crippen LogP contribution in [0.25, 0.3) is 11.0 Å². The number of carbonyl (C=O) groups is 1. The van der Waals surface area contributed by atoms with Crippen LogP contribution in [0.15, 0.2) is 27.4 Å². The average molecular weight is 378 g/mol. The third-order valence-corrected chi connectivity index (χ3v) is 4.12. The molecule has 1 aromatic carbocycles. The van der Waals surface area contributed by atoms with Crippen LogP contribution in [0.1, 0.15) is 55.8 Å². The molecule has 0 saturated heterocycles. The van der Waals surface area contributed by atoms with Gasteiger partial charge in [0.2, 0.25) is 5.75 Å². The molecule has 1 heterocycles. The van der Waals surface area contributed by atoms with Crippen molar-refractivity contribution in [2.24, 2.45) is 0 Å². The van der Waals surface area contributed by atoms with Crippen molar-refractivity contribution in [2.45, 2.75) is 45.4 Å². The van der Waals surface area contributed by atoms with E-state index in [2.05, 4.69) is 6.92 Å².